The largest absolute Gasteiger partial charge is 0.497 e. The normalized spacial score (nSPS) is 10.6. The number of nitrogens with two attached hydrogens (primary N) is 1. The van der Waals surface area contributed by atoms with Crippen molar-refractivity contribution in [3.05, 3.63) is 64.1 Å². The molecule has 0 saturated heterocycles. The number of fused-ring (bicyclic) bond motifs is 1. The van der Waals surface area contributed by atoms with Crippen LogP contribution in [0.5, 0.6) is 11.5 Å². The highest BCUT2D eigenvalue weighted by Crippen LogP contribution is 2.28. The molecule has 7 nitrogen and oxygen atoms in total. The molecule has 0 bridgehead atoms. The molecular formula is C18H17N3O4. The van der Waals surface area contributed by atoms with Crippen LogP contribution in [-0.4, -0.2) is 22.6 Å². The van der Waals surface area contributed by atoms with Crippen LogP contribution in [0.2, 0.25) is 0 Å². The fraction of sp³-hybridized carbons (Fsp3) is 0.167. The van der Waals surface area contributed by atoms with Gasteiger partial charge in [-0.25, -0.2) is 0 Å². The number of aromatic nitrogens is 2. The third-order valence-corrected chi connectivity index (χ3v) is 3.89. The molecule has 0 spiro atoms. The van der Waals surface area contributed by atoms with Crippen molar-refractivity contribution in [3.63, 3.8) is 0 Å². The topological polar surface area (TPSA) is 96.4 Å². The number of carbonyl (C=O) groups is 1. The van der Waals surface area contributed by atoms with E-state index < -0.39 is 5.91 Å². The van der Waals surface area contributed by atoms with Gasteiger partial charge in [-0.05, 0) is 23.8 Å². The van der Waals surface area contributed by atoms with Crippen LogP contribution in [-0.2, 0) is 13.7 Å². The Morgan fingerprint density at radius 1 is 1.20 bits per heavy atom. The summed E-state index contributed by atoms with van der Waals surface area (Å²) in [5.41, 5.74) is 7.18. The average molecular weight is 339 g/mol. The molecule has 1 aromatic carbocycles. The van der Waals surface area contributed by atoms with E-state index in [0.717, 1.165) is 11.3 Å². The molecule has 2 aromatic heterocycles. The van der Waals surface area contributed by atoms with Crippen molar-refractivity contribution in [1.82, 2.24) is 9.55 Å². The molecule has 7 heteroatoms. The van der Waals surface area contributed by atoms with Crippen molar-refractivity contribution >= 4 is 16.9 Å². The van der Waals surface area contributed by atoms with Crippen LogP contribution in [0, 0.1) is 0 Å². The van der Waals surface area contributed by atoms with Gasteiger partial charge in [-0.15, -0.1) is 0 Å². The summed E-state index contributed by atoms with van der Waals surface area (Å²) in [5.74, 6) is 0.308. The number of ether oxygens (including phenoxy) is 2. The van der Waals surface area contributed by atoms with Crippen molar-refractivity contribution in [1.29, 1.82) is 0 Å². The number of nitrogens with zero attached hydrogens (tertiary/aromatic N) is 2. The standard InChI is InChI=1S/C18H17N3O4/c1-21-15(22)8-7-14-16(21)17(13(9-20-14)18(19)23)25-10-11-3-5-12(24-2)6-4-11/h3-9H,10H2,1-2H3,(H2,19,23). The summed E-state index contributed by atoms with van der Waals surface area (Å²) in [6.07, 6.45) is 1.36. The number of hydrogen-bond donors (Lipinski definition) is 1. The van der Waals surface area contributed by atoms with Crippen LogP contribution >= 0.6 is 0 Å². The van der Waals surface area contributed by atoms with E-state index in [9.17, 15) is 9.59 Å². The smallest absolute Gasteiger partial charge is 0.254 e. The number of primary amides is 1. The van der Waals surface area contributed by atoms with Crippen molar-refractivity contribution in [2.75, 3.05) is 7.11 Å². The summed E-state index contributed by atoms with van der Waals surface area (Å²) in [5, 5.41) is 0. The summed E-state index contributed by atoms with van der Waals surface area (Å²) in [4.78, 5) is 27.9. The van der Waals surface area contributed by atoms with Gasteiger partial charge in [-0.2, -0.15) is 0 Å². The third kappa shape index (κ3) is 3.16. The molecule has 0 fully saturated rings. The van der Waals surface area contributed by atoms with Crippen LogP contribution in [0.1, 0.15) is 15.9 Å². The lowest BCUT2D eigenvalue weighted by molar-refractivity contribution is 0.0996. The number of benzene rings is 1. The summed E-state index contributed by atoms with van der Waals surface area (Å²) in [7, 11) is 3.19. The first-order valence-corrected chi connectivity index (χ1v) is 7.55. The van der Waals surface area contributed by atoms with Crippen molar-refractivity contribution < 1.29 is 14.3 Å². The fourth-order valence-electron chi connectivity index (χ4n) is 2.51. The fourth-order valence-corrected chi connectivity index (χ4v) is 2.51. The Morgan fingerprint density at radius 3 is 2.56 bits per heavy atom. The average Bonchev–Trinajstić information content (AvgIpc) is 2.62. The van der Waals surface area contributed by atoms with Gasteiger partial charge in [0.05, 0.1) is 12.6 Å². The summed E-state index contributed by atoms with van der Waals surface area (Å²) >= 11 is 0. The van der Waals surface area contributed by atoms with Gasteiger partial charge in [0.25, 0.3) is 11.5 Å². The molecule has 3 aromatic rings. The van der Waals surface area contributed by atoms with Crippen molar-refractivity contribution in [2.24, 2.45) is 12.8 Å². The van der Waals surface area contributed by atoms with E-state index in [-0.39, 0.29) is 23.5 Å². The minimum Gasteiger partial charge on any atom is -0.497 e. The van der Waals surface area contributed by atoms with Gasteiger partial charge in [-0.3, -0.25) is 14.6 Å². The molecule has 0 aliphatic carbocycles. The first-order chi connectivity index (χ1) is 12.0. The zero-order chi connectivity index (χ0) is 18.0. The van der Waals surface area contributed by atoms with Crippen LogP contribution in [0.3, 0.4) is 0 Å². The lowest BCUT2D eigenvalue weighted by Crippen LogP contribution is -2.19. The van der Waals surface area contributed by atoms with Crippen molar-refractivity contribution in [3.8, 4) is 11.5 Å². The number of aryl methyl sites for hydroxylation is 1. The number of hydrogen-bond acceptors (Lipinski definition) is 5. The molecule has 128 valence electrons. The Labute approximate surface area is 143 Å². The predicted molar refractivity (Wildman–Crippen MR) is 92.8 cm³/mol. The van der Waals surface area contributed by atoms with E-state index in [4.69, 9.17) is 15.2 Å². The number of amides is 1. The molecule has 2 heterocycles. The number of methoxy groups -OCH3 is 1. The number of carbonyl (C=O) groups excluding carboxylic acids is 1. The van der Waals surface area contributed by atoms with Gasteiger partial charge in [0.1, 0.15) is 23.4 Å². The molecule has 3 rings (SSSR count). The summed E-state index contributed by atoms with van der Waals surface area (Å²) in [6, 6.07) is 10.3. The second-order valence-corrected chi connectivity index (χ2v) is 5.47. The molecule has 0 atom stereocenters. The molecular weight excluding hydrogens is 322 g/mol. The molecule has 0 saturated carbocycles. The minimum atomic E-state index is -0.671. The highest BCUT2D eigenvalue weighted by Gasteiger charge is 2.17. The minimum absolute atomic E-state index is 0.127. The Morgan fingerprint density at radius 2 is 1.92 bits per heavy atom. The highest BCUT2D eigenvalue weighted by atomic mass is 16.5. The van der Waals surface area contributed by atoms with Gasteiger partial charge >= 0.3 is 0 Å². The molecule has 25 heavy (non-hydrogen) atoms. The van der Waals surface area contributed by atoms with E-state index in [0.29, 0.717) is 11.0 Å². The SMILES string of the molecule is COc1ccc(COc2c(C(N)=O)cnc3ccc(=O)n(C)c23)cc1. The monoisotopic (exact) mass is 339 g/mol. The van der Waals surface area contributed by atoms with E-state index >= 15 is 0 Å². The molecule has 0 aliphatic heterocycles. The first-order valence-electron chi connectivity index (χ1n) is 7.55. The zero-order valence-corrected chi connectivity index (χ0v) is 13.9. The molecule has 0 unspecified atom stereocenters. The molecule has 1 amide bonds. The van der Waals surface area contributed by atoms with E-state index in [1.165, 1.54) is 16.8 Å². The Bertz CT molecular complexity index is 994. The van der Waals surface area contributed by atoms with Crippen molar-refractivity contribution in [2.45, 2.75) is 6.61 Å². The first kappa shape index (κ1) is 16.5. The third-order valence-electron chi connectivity index (χ3n) is 3.89. The summed E-state index contributed by atoms with van der Waals surface area (Å²) in [6.45, 7) is 0.201. The molecule has 2 N–H and O–H groups in total. The maximum absolute atomic E-state index is 12.0. The van der Waals surface area contributed by atoms with Gasteiger partial charge < -0.3 is 19.8 Å². The Hall–Kier alpha value is -3.35. The van der Waals surface area contributed by atoms with Crippen LogP contribution in [0.4, 0.5) is 0 Å². The summed E-state index contributed by atoms with van der Waals surface area (Å²) < 4.78 is 12.4. The lowest BCUT2D eigenvalue weighted by atomic mass is 10.2. The maximum atomic E-state index is 12.0. The molecule has 0 radical (unpaired) electrons. The highest BCUT2D eigenvalue weighted by molar-refractivity contribution is 6.00. The Balaban J connectivity index is 2.05. The lowest BCUT2D eigenvalue weighted by Gasteiger charge is -2.14. The quantitative estimate of drug-likeness (QED) is 0.762. The van der Waals surface area contributed by atoms with Crippen LogP contribution in [0.15, 0.2) is 47.4 Å². The predicted octanol–water partition coefficient (Wildman–Crippen LogP) is 1.62. The maximum Gasteiger partial charge on any atom is 0.254 e. The second kappa shape index (κ2) is 6.64. The van der Waals surface area contributed by atoms with Gasteiger partial charge in [-0.1, -0.05) is 12.1 Å². The Kier molecular flexibility index (Phi) is 4.38. The zero-order valence-electron chi connectivity index (χ0n) is 13.9. The van der Waals surface area contributed by atoms with E-state index in [1.54, 1.807) is 20.2 Å². The van der Waals surface area contributed by atoms with Gasteiger partial charge in [0.15, 0.2) is 5.75 Å². The second-order valence-electron chi connectivity index (χ2n) is 5.47. The van der Waals surface area contributed by atoms with E-state index in [1.807, 2.05) is 24.3 Å². The van der Waals surface area contributed by atoms with E-state index in [2.05, 4.69) is 4.98 Å². The molecule has 0 aliphatic rings. The number of pyridine rings is 2. The number of rotatable bonds is 5. The van der Waals surface area contributed by atoms with Crippen LogP contribution in [0.25, 0.3) is 11.0 Å². The van der Waals surface area contributed by atoms with Gasteiger partial charge in [0, 0.05) is 19.3 Å². The van der Waals surface area contributed by atoms with Gasteiger partial charge in [0.2, 0.25) is 0 Å². The van der Waals surface area contributed by atoms with Crippen LogP contribution < -0.4 is 20.8 Å².